The highest BCUT2D eigenvalue weighted by molar-refractivity contribution is 6.30. The first-order valence-corrected chi connectivity index (χ1v) is 12.0. The summed E-state index contributed by atoms with van der Waals surface area (Å²) in [6, 6.07) is 7.93. The van der Waals surface area contributed by atoms with E-state index in [2.05, 4.69) is 52.9 Å². The van der Waals surface area contributed by atoms with Crippen LogP contribution in [0.1, 0.15) is 37.8 Å². The Bertz CT molecular complexity index is 1000. The first-order valence-electron chi connectivity index (χ1n) is 11.7. The van der Waals surface area contributed by atoms with E-state index in [1.165, 1.54) is 0 Å². The molecule has 1 aromatic heterocycles. The molecule has 2 aromatic rings. The van der Waals surface area contributed by atoms with Gasteiger partial charge >= 0.3 is 0 Å². The smallest absolute Gasteiger partial charge is 0.231 e. The number of piperazine rings is 1. The first kappa shape index (κ1) is 23.5. The molecule has 0 bridgehead atoms. The number of carbonyl (C=O) groups excluding carboxylic acids is 1. The number of allylic oxidation sites excluding steroid dienone is 1. The van der Waals surface area contributed by atoms with Crippen molar-refractivity contribution in [2.75, 3.05) is 42.9 Å². The molecule has 176 valence electrons. The highest BCUT2D eigenvalue weighted by Gasteiger charge is 2.31. The molecule has 4 rings (SSSR count). The molecule has 1 aromatic carbocycles. The molecule has 3 heterocycles. The Kier molecular flexibility index (Phi) is 7.20. The van der Waals surface area contributed by atoms with Crippen LogP contribution in [0.15, 0.2) is 42.9 Å². The van der Waals surface area contributed by atoms with E-state index in [4.69, 9.17) is 11.6 Å². The third-order valence-corrected chi connectivity index (χ3v) is 6.75. The summed E-state index contributed by atoms with van der Waals surface area (Å²) >= 11 is 6.08. The van der Waals surface area contributed by atoms with Crippen LogP contribution in [0.4, 0.5) is 11.6 Å². The zero-order valence-corrected chi connectivity index (χ0v) is 20.4. The summed E-state index contributed by atoms with van der Waals surface area (Å²) in [5.41, 5.74) is 3.12. The van der Waals surface area contributed by atoms with E-state index in [9.17, 15) is 4.79 Å². The molecule has 1 saturated heterocycles. The molecule has 0 radical (unpaired) electrons. The van der Waals surface area contributed by atoms with E-state index in [0.29, 0.717) is 36.6 Å². The Balaban J connectivity index is 1.46. The van der Waals surface area contributed by atoms with Gasteiger partial charge in [0, 0.05) is 55.0 Å². The lowest BCUT2D eigenvalue weighted by Crippen LogP contribution is -2.51. The predicted molar refractivity (Wildman–Crippen MR) is 134 cm³/mol. The van der Waals surface area contributed by atoms with E-state index < -0.39 is 0 Å². The minimum absolute atomic E-state index is 0.154. The quantitative estimate of drug-likeness (QED) is 0.673. The molecule has 2 aliphatic heterocycles. The average molecular weight is 469 g/mol. The van der Waals surface area contributed by atoms with E-state index in [0.717, 1.165) is 48.0 Å². The highest BCUT2D eigenvalue weighted by Crippen LogP contribution is 2.34. The van der Waals surface area contributed by atoms with Crippen molar-refractivity contribution in [3.63, 3.8) is 0 Å². The van der Waals surface area contributed by atoms with Gasteiger partial charge in [0.2, 0.25) is 5.91 Å². The fourth-order valence-electron chi connectivity index (χ4n) is 4.43. The van der Waals surface area contributed by atoms with Crippen LogP contribution in [0, 0.1) is 5.92 Å². The maximum atomic E-state index is 13.5. The molecule has 7 nitrogen and oxygen atoms in total. The molecule has 8 heteroatoms. The number of hydrogen-bond acceptors (Lipinski definition) is 6. The maximum absolute atomic E-state index is 13.5. The fourth-order valence-corrected chi connectivity index (χ4v) is 4.56. The monoisotopic (exact) mass is 468 g/mol. The molecule has 33 heavy (non-hydrogen) atoms. The predicted octanol–water partition coefficient (Wildman–Crippen LogP) is 3.68. The zero-order chi connectivity index (χ0) is 23.5. The van der Waals surface area contributed by atoms with E-state index in [1.807, 2.05) is 29.2 Å². The lowest BCUT2D eigenvalue weighted by atomic mass is 9.95. The second-order valence-corrected chi connectivity index (χ2v) is 9.70. The van der Waals surface area contributed by atoms with Crippen LogP contribution in [-0.4, -0.2) is 59.5 Å². The number of aromatic nitrogens is 2. The molecule has 0 saturated carbocycles. The number of rotatable bonds is 6. The van der Waals surface area contributed by atoms with Crippen molar-refractivity contribution in [2.24, 2.45) is 5.92 Å². The van der Waals surface area contributed by atoms with Crippen LogP contribution in [0.5, 0.6) is 0 Å². The van der Waals surface area contributed by atoms with Crippen molar-refractivity contribution < 1.29 is 4.79 Å². The number of amides is 1. The second-order valence-electron chi connectivity index (χ2n) is 9.26. The number of nitrogens with zero attached hydrogens (tertiary/aromatic N) is 4. The van der Waals surface area contributed by atoms with E-state index in [-0.39, 0.29) is 11.8 Å². The summed E-state index contributed by atoms with van der Waals surface area (Å²) in [5, 5.41) is 7.43. The fraction of sp³-hybridized carbons (Fsp3) is 0.480. The molecule has 1 amide bonds. The van der Waals surface area contributed by atoms with Gasteiger partial charge in [0.1, 0.15) is 18.0 Å². The van der Waals surface area contributed by atoms with Gasteiger partial charge in [-0.15, -0.1) is 0 Å². The first-order chi connectivity index (χ1) is 15.8. The van der Waals surface area contributed by atoms with Crippen molar-refractivity contribution in [1.82, 2.24) is 20.2 Å². The second kappa shape index (κ2) is 10.1. The normalized spacial score (nSPS) is 19.3. The summed E-state index contributed by atoms with van der Waals surface area (Å²) < 4.78 is 0. The molecule has 0 unspecified atom stereocenters. The molecular weight excluding hydrogens is 436 g/mol. The highest BCUT2D eigenvalue weighted by atomic mass is 35.5. The summed E-state index contributed by atoms with van der Waals surface area (Å²) in [5.74, 6) is 2.07. The SMILES string of the molecule is C=C1Nc2ncnc(N3CCN(C(=O)[C@H](CNC(C)C)c4ccc(Cl)cc4)CC3)c2C[C@H]1C. The van der Waals surface area contributed by atoms with Crippen LogP contribution >= 0.6 is 11.6 Å². The standard InChI is InChI=1S/C25H33ClN6O/c1-16(2)27-14-22(19-5-7-20(26)8-6-19)25(33)32-11-9-31(10-12-32)24-21-13-17(3)18(4)30-23(21)28-15-29-24/h5-8,15-17,22,27H,4,9-14H2,1-3H3,(H,28,29,30)/t17-,22-/m1/s1. The average Bonchev–Trinajstić information content (AvgIpc) is 2.80. The number of benzene rings is 1. The van der Waals surface area contributed by atoms with Gasteiger partial charge in [-0.05, 0) is 30.0 Å². The van der Waals surface area contributed by atoms with Gasteiger partial charge in [-0.2, -0.15) is 0 Å². The van der Waals surface area contributed by atoms with Gasteiger partial charge in [0.15, 0.2) is 0 Å². The van der Waals surface area contributed by atoms with Crippen molar-refractivity contribution in [3.05, 3.63) is 59.0 Å². The van der Waals surface area contributed by atoms with Gasteiger partial charge in [0.05, 0.1) is 5.92 Å². The minimum atomic E-state index is -0.237. The number of halogens is 1. The Morgan fingerprint density at radius 2 is 1.91 bits per heavy atom. The minimum Gasteiger partial charge on any atom is -0.353 e. The Morgan fingerprint density at radius 3 is 2.58 bits per heavy atom. The summed E-state index contributed by atoms with van der Waals surface area (Å²) in [6.45, 7) is 13.9. The van der Waals surface area contributed by atoms with Crippen molar-refractivity contribution in [3.8, 4) is 0 Å². The molecule has 0 aliphatic carbocycles. The Hall–Kier alpha value is -2.64. The van der Waals surface area contributed by atoms with Gasteiger partial charge in [0.25, 0.3) is 0 Å². The summed E-state index contributed by atoms with van der Waals surface area (Å²) in [7, 11) is 0. The van der Waals surface area contributed by atoms with Crippen LogP contribution in [0.2, 0.25) is 5.02 Å². The third kappa shape index (κ3) is 5.31. The number of hydrogen-bond donors (Lipinski definition) is 2. The molecule has 2 aliphatic rings. The lowest BCUT2D eigenvalue weighted by Gasteiger charge is -2.38. The van der Waals surface area contributed by atoms with Crippen LogP contribution < -0.4 is 15.5 Å². The molecule has 2 N–H and O–H groups in total. The van der Waals surface area contributed by atoms with Crippen LogP contribution in [-0.2, 0) is 11.2 Å². The number of fused-ring (bicyclic) bond motifs is 1. The maximum Gasteiger partial charge on any atom is 0.231 e. The Labute approximate surface area is 201 Å². The molecular formula is C25H33ClN6O. The van der Waals surface area contributed by atoms with Crippen LogP contribution in [0.3, 0.4) is 0 Å². The van der Waals surface area contributed by atoms with E-state index in [1.54, 1.807) is 6.33 Å². The van der Waals surface area contributed by atoms with Crippen molar-refractivity contribution in [1.29, 1.82) is 0 Å². The number of nitrogens with one attached hydrogen (secondary N) is 2. The Morgan fingerprint density at radius 1 is 1.21 bits per heavy atom. The zero-order valence-electron chi connectivity index (χ0n) is 19.6. The lowest BCUT2D eigenvalue weighted by molar-refractivity contribution is -0.133. The van der Waals surface area contributed by atoms with Crippen molar-refractivity contribution in [2.45, 2.75) is 39.2 Å². The molecule has 2 atom stereocenters. The van der Waals surface area contributed by atoms with Crippen molar-refractivity contribution >= 4 is 29.1 Å². The van der Waals surface area contributed by atoms with Crippen LogP contribution in [0.25, 0.3) is 0 Å². The topological polar surface area (TPSA) is 73.4 Å². The van der Waals surface area contributed by atoms with Gasteiger partial charge in [-0.25, -0.2) is 9.97 Å². The van der Waals surface area contributed by atoms with E-state index >= 15 is 0 Å². The number of carbonyl (C=O) groups is 1. The number of anilines is 2. The largest absolute Gasteiger partial charge is 0.353 e. The molecule has 0 spiro atoms. The third-order valence-electron chi connectivity index (χ3n) is 6.50. The summed E-state index contributed by atoms with van der Waals surface area (Å²) in [6.07, 6.45) is 2.48. The van der Waals surface area contributed by atoms with Gasteiger partial charge in [-0.1, -0.05) is 51.1 Å². The molecule has 1 fully saturated rings. The van der Waals surface area contributed by atoms with Gasteiger partial charge < -0.3 is 20.4 Å². The summed E-state index contributed by atoms with van der Waals surface area (Å²) in [4.78, 5) is 26.8. The van der Waals surface area contributed by atoms with Gasteiger partial charge in [-0.3, -0.25) is 4.79 Å².